The zero-order valence-electron chi connectivity index (χ0n) is 10.8. The molecule has 0 saturated carbocycles. The molecule has 0 aliphatic rings. The number of nitrogens with one attached hydrogen (secondary N) is 1. The molecule has 102 valence electrons. The lowest BCUT2D eigenvalue weighted by atomic mass is 10.2. The maximum Gasteiger partial charge on any atom is 0.335 e. The minimum atomic E-state index is -0.988. The van der Waals surface area contributed by atoms with E-state index in [4.69, 9.17) is 14.3 Å². The predicted octanol–water partition coefficient (Wildman–Crippen LogP) is 2.36. The molecule has 0 bridgehead atoms. The molecule has 0 radical (unpaired) electrons. The van der Waals surface area contributed by atoms with Crippen molar-refractivity contribution in [1.82, 2.24) is 4.98 Å². The zero-order valence-corrected chi connectivity index (χ0v) is 10.8. The highest BCUT2D eigenvalue weighted by molar-refractivity contribution is 5.92. The molecule has 0 saturated heterocycles. The number of carboxylic acid groups (broad SMARTS) is 1. The van der Waals surface area contributed by atoms with E-state index in [9.17, 15) is 4.79 Å². The first-order chi connectivity index (χ1) is 9.10. The fourth-order valence-corrected chi connectivity index (χ4v) is 1.71. The number of hydrogen-bond donors (Lipinski definition) is 2. The van der Waals surface area contributed by atoms with Crippen molar-refractivity contribution in [1.29, 1.82) is 0 Å². The maximum absolute atomic E-state index is 10.8. The summed E-state index contributed by atoms with van der Waals surface area (Å²) >= 11 is 0. The zero-order chi connectivity index (χ0) is 13.8. The van der Waals surface area contributed by atoms with Crippen LogP contribution < -0.4 is 5.32 Å². The van der Waals surface area contributed by atoms with Crippen LogP contribution in [0.1, 0.15) is 24.2 Å². The van der Waals surface area contributed by atoms with Gasteiger partial charge in [0.15, 0.2) is 5.58 Å². The number of nitrogens with zero attached hydrogens (tertiary/aromatic N) is 1. The van der Waals surface area contributed by atoms with E-state index in [1.807, 2.05) is 13.8 Å². The molecule has 1 aromatic heterocycles. The third kappa shape index (κ3) is 3.23. The Morgan fingerprint density at radius 1 is 1.58 bits per heavy atom. The molecule has 1 atom stereocenters. The molecule has 1 heterocycles. The molecular weight excluding hydrogens is 248 g/mol. The van der Waals surface area contributed by atoms with Gasteiger partial charge in [-0.05, 0) is 32.0 Å². The van der Waals surface area contributed by atoms with Crippen molar-refractivity contribution < 1.29 is 19.1 Å². The lowest BCUT2D eigenvalue weighted by molar-refractivity contribution is 0.0697. The predicted molar refractivity (Wildman–Crippen MR) is 70.5 cm³/mol. The Labute approximate surface area is 110 Å². The Kier molecular flexibility index (Phi) is 4.01. The van der Waals surface area contributed by atoms with Crippen LogP contribution in [0.25, 0.3) is 11.1 Å². The topological polar surface area (TPSA) is 84.6 Å². The molecule has 6 nitrogen and oxygen atoms in total. The lowest BCUT2D eigenvalue weighted by Crippen LogP contribution is -2.19. The molecule has 0 aliphatic heterocycles. The van der Waals surface area contributed by atoms with Gasteiger partial charge >= 0.3 is 5.97 Å². The largest absolute Gasteiger partial charge is 0.478 e. The Hall–Kier alpha value is -2.08. The van der Waals surface area contributed by atoms with E-state index in [0.29, 0.717) is 30.3 Å². The van der Waals surface area contributed by atoms with E-state index in [0.717, 1.165) is 0 Å². The van der Waals surface area contributed by atoms with Crippen LogP contribution in [0.2, 0.25) is 0 Å². The number of rotatable bonds is 6. The van der Waals surface area contributed by atoms with Crippen LogP contribution in [0.5, 0.6) is 0 Å². The molecule has 1 aromatic carbocycles. The molecule has 0 fully saturated rings. The molecule has 2 rings (SSSR count). The van der Waals surface area contributed by atoms with Gasteiger partial charge in [0.1, 0.15) is 5.52 Å². The number of ether oxygens (including phenoxy) is 1. The van der Waals surface area contributed by atoms with Crippen molar-refractivity contribution in [2.24, 2.45) is 0 Å². The molecule has 0 aliphatic carbocycles. The van der Waals surface area contributed by atoms with Crippen molar-refractivity contribution in [3.63, 3.8) is 0 Å². The summed E-state index contributed by atoms with van der Waals surface area (Å²) in [5, 5.41) is 11.9. The van der Waals surface area contributed by atoms with Crippen molar-refractivity contribution >= 4 is 23.1 Å². The molecule has 1 unspecified atom stereocenters. The molecule has 6 heteroatoms. The smallest absolute Gasteiger partial charge is 0.335 e. The van der Waals surface area contributed by atoms with Crippen molar-refractivity contribution in [2.45, 2.75) is 20.0 Å². The summed E-state index contributed by atoms with van der Waals surface area (Å²) in [7, 11) is 0. The van der Waals surface area contributed by atoms with E-state index in [1.165, 1.54) is 12.1 Å². The lowest BCUT2D eigenvalue weighted by Gasteiger charge is -2.10. The minimum absolute atomic E-state index is 0.0505. The monoisotopic (exact) mass is 264 g/mol. The first kappa shape index (κ1) is 13.4. The Bertz CT molecular complexity index is 579. The molecule has 19 heavy (non-hydrogen) atoms. The standard InChI is InChI=1S/C13H16N2O4/c1-3-18-8(2)7-14-13-15-10-5-4-9(12(16)17)6-11(10)19-13/h4-6,8H,3,7H2,1-2H3,(H,14,15)(H,16,17). The van der Waals surface area contributed by atoms with Gasteiger partial charge in [0.05, 0.1) is 11.7 Å². The number of carboxylic acids is 1. The van der Waals surface area contributed by atoms with Gasteiger partial charge < -0.3 is 19.6 Å². The second kappa shape index (κ2) is 5.71. The second-order valence-corrected chi connectivity index (χ2v) is 4.15. The number of hydrogen-bond acceptors (Lipinski definition) is 5. The quantitative estimate of drug-likeness (QED) is 0.833. The first-order valence-corrected chi connectivity index (χ1v) is 6.09. The van der Waals surface area contributed by atoms with Crippen LogP contribution in [0.3, 0.4) is 0 Å². The highest BCUT2D eigenvalue weighted by Crippen LogP contribution is 2.20. The van der Waals surface area contributed by atoms with Gasteiger partial charge in [-0.25, -0.2) is 4.79 Å². The van der Waals surface area contributed by atoms with Crippen LogP contribution in [0.15, 0.2) is 22.6 Å². The van der Waals surface area contributed by atoms with Gasteiger partial charge in [-0.3, -0.25) is 0 Å². The molecular formula is C13H16N2O4. The van der Waals surface area contributed by atoms with Gasteiger partial charge in [-0.15, -0.1) is 0 Å². The van der Waals surface area contributed by atoms with E-state index in [-0.39, 0.29) is 11.7 Å². The first-order valence-electron chi connectivity index (χ1n) is 6.09. The summed E-state index contributed by atoms with van der Waals surface area (Å²) in [6.07, 6.45) is 0.0505. The van der Waals surface area contributed by atoms with Gasteiger partial charge in [0.2, 0.25) is 0 Å². The number of aromatic nitrogens is 1. The summed E-state index contributed by atoms with van der Waals surface area (Å²) in [6.45, 7) is 5.11. The highest BCUT2D eigenvalue weighted by atomic mass is 16.5. The fraction of sp³-hybridized carbons (Fsp3) is 0.385. The average molecular weight is 264 g/mol. The number of carbonyl (C=O) groups is 1. The minimum Gasteiger partial charge on any atom is -0.478 e. The SMILES string of the molecule is CCOC(C)CNc1nc2ccc(C(=O)O)cc2o1. The second-order valence-electron chi connectivity index (χ2n) is 4.15. The van der Waals surface area contributed by atoms with Crippen LogP contribution >= 0.6 is 0 Å². The van der Waals surface area contributed by atoms with Gasteiger partial charge in [0.25, 0.3) is 6.01 Å². The average Bonchev–Trinajstić information content (AvgIpc) is 2.78. The molecule has 0 amide bonds. The normalized spacial score (nSPS) is 12.5. The number of anilines is 1. The third-order valence-electron chi connectivity index (χ3n) is 2.63. The molecule has 2 aromatic rings. The highest BCUT2D eigenvalue weighted by Gasteiger charge is 2.10. The van der Waals surface area contributed by atoms with Crippen LogP contribution in [-0.2, 0) is 4.74 Å². The third-order valence-corrected chi connectivity index (χ3v) is 2.63. The van der Waals surface area contributed by atoms with Gasteiger partial charge in [-0.2, -0.15) is 4.98 Å². The van der Waals surface area contributed by atoms with E-state index in [2.05, 4.69) is 10.3 Å². The molecule has 2 N–H and O–H groups in total. The summed E-state index contributed by atoms with van der Waals surface area (Å²) < 4.78 is 10.8. The number of aromatic carboxylic acids is 1. The van der Waals surface area contributed by atoms with Crippen LogP contribution in [-0.4, -0.2) is 35.3 Å². The van der Waals surface area contributed by atoms with Crippen molar-refractivity contribution in [2.75, 3.05) is 18.5 Å². The summed E-state index contributed by atoms with van der Waals surface area (Å²) in [6, 6.07) is 4.95. The molecule has 0 spiro atoms. The fourth-order valence-electron chi connectivity index (χ4n) is 1.71. The Balaban J connectivity index is 2.11. The number of fused-ring (bicyclic) bond motifs is 1. The van der Waals surface area contributed by atoms with E-state index < -0.39 is 5.97 Å². The Morgan fingerprint density at radius 3 is 3.05 bits per heavy atom. The van der Waals surface area contributed by atoms with Crippen molar-refractivity contribution in [3.8, 4) is 0 Å². The number of oxazole rings is 1. The summed E-state index contributed by atoms with van der Waals surface area (Å²) in [5.74, 6) is -0.988. The van der Waals surface area contributed by atoms with E-state index >= 15 is 0 Å². The van der Waals surface area contributed by atoms with E-state index in [1.54, 1.807) is 6.07 Å². The number of benzene rings is 1. The Morgan fingerprint density at radius 2 is 2.37 bits per heavy atom. The summed E-state index contributed by atoms with van der Waals surface area (Å²) in [4.78, 5) is 15.1. The van der Waals surface area contributed by atoms with Gasteiger partial charge in [0, 0.05) is 13.2 Å². The van der Waals surface area contributed by atoms with Gasteiger partial charge in [-0.1, -0.05) is 0 Å². The van der Waals surface area contributed by atoms with Crippen LogP contribution in [0.4, 0.5) is 6.01 Å². The maximum atomic E-state index is 10.8. The van der Waals surface area contributed by atoms with Crippen molar-refractivity contribution in [3.05, 3.63) is 23.8 Å². The summed E-state index contributed by atoms with van der Waals surface area (Å²) in [5.41, 5.74) is 1.25. The van der Waals surface area contributed by atoms with Crippen LogP contribution in [0, 0.1) is 0 Å².